The summed E-state index contributed by atoms with van der Waals surface area (Å²) in [6, 6.07) is 12.1. The van der Waals surface area contributed by atoms with Gasteiger partial charge in [0.2, 0.25) is 21.8 Å². The Hall–Kier alpha value is -2.60. The largest absolute Gasteiger partial charge is 0.496 e. The summed E-state index contributed by atoms with van der Waals surface area (Å²) in [4.78, 5) is 27.5. The molecular formula is C22H25N3O6S2. The summed E-state index contributed by atoms with van der Waals surface area (Å²) < 4.78 is 38.1. The molecule has 11 heteroatoms. The van der Waals surface area contributed by atoms with E-state index >= 15 is 0 Å². The minimum Gasteiger partial charge on any atom is -0.496 e. The Kier molecular flexibility index (Phi) is 7.23. The second-order valence-electron chi connectivity index (χ2n) is 7.50. The van der Waals surface area contributed by atoms with Crippen LogP contribution in [-0.2, 0) is 30.9 Å². The molecule has 1 saturated heterocycles. The lowest BCUT2D eigenvalue weighted by Gasteiger charge is -2.30. The molecule has 176 valence electrons. The fourth-order valence-corrected chi connectivity index (χ4v) is 6.04. The van der Waals surface area contributed by atoms with E-state index in [-0.39, 0.29) is 48.6 Å². The smallest absolute Gasteiger partial charge is 0.243 e. The summed E-state index contributed by atoms with van der Waals surface area (Å²) in [6.45, 7) is 1.29. The molecule has 0 bridgehead atoms. The highest BCUT2D eigenvalue weighted by Crippen LogP contribution is 2.37. The number of nitrogens with one attached hydrogen (secondary N) is 1. The Morgan fingerprint density at radius 3 is 2.70 bits per heavy atom. The quantitative estimate of drug-likeness (QED) is 0.625. The van der Waals surface area contributed by atoms with Crippen LogP contribution >= 0.6 is 11.8 Å². The van der Waals surface area contributed by atoms with Crippen molar-refractivity contribution in [2.75, 3.05) is 50.6 Å². The number of ether oxygens (including phenoxy) is 2. The van der Waals surface area contributed by atoms with Gasteiger partial charge in [0.05, 0.1) is 36.7 Å². The van der Waals surface area contributed by atoms with Crippen molar-refractivity contribution in [3.8, 4) is 5.75 Å². The third kappa shape index (κ3) is 5.16. The second-order valence-corrected chi connectivity index (χ2v) is 10.5. The molecule has 2 amide bonds. The van der Waals surface area contributed by atoms with E-state index in [1.807, 2.05) is 18.2 Å². The van der Waals surface area contributed by atoms with Gasteiger partial charge in [0, 0.05) is 30.1 Å². The number of thioether (sulfide) groups is 1. The molecule has 1 N–H and O–H groups in total. The minimum atomic E-state index is -3.73. The summed E-state index contributed by atoms with van der Waals surface area (Å²) in [5, 5.41) is 2.81. The van der Waals surface area contributed by atoms with Crippen LogP contribution in [0.4, 0.5) is 5.69 Å². The Morgan fingerprint density at radius 2 is 1.94 bits per heavy atom. The van der Waals surface area contributed by atoms with Crippen molar-refractivity contribution in [2.45, 2.75) is 16.3 Å². The number of carbonyl (C=O) groups is 2. The molecule has 4 rings (SSSR count). The molecule has 2 aliphatic rings. The summed E-state index contributed by atoms with van der Waals surface area (Å²) in [5.74, 6) is 0.239. The van der Waals surface area contributed by atoms with Gasteiger partial charge < -0.3 is 19.7 Å². The second kappa shape index (κ2) is 10.1. The molecule has 0 unspecified atom stereocenters. The SMILES string of the molecule is COc1ccccc1CNC(=O)CN1C(=O)CSc2ccc(S(=O)(=O)N3CCOCC3)cc21. The van der Waals surface area contributed by atoms with Crippen molar-refractivity contribution in [1.29, 1.82) is 0 Å². The highest BCUT2D eigenvalue weighted by atomic mass is 32.2. The maximum atomic E-state index is 13.1. The Balaban J connectivity index is 1.52. The molecule has 0 radical (unpaired) electrons. The van der Waals surface area contributed by atoms with Crippen molar-refractivity contribution in [3.05, 3.63) is 48.0 Å². The topological polar surface area (TPSA) is 105 Å². The first-order valence-electron chi connectivity index (χ1n) is 10.4. The predicted octanol–water partition coefficient (Wildman–Crippen LogP) is 1.47. The molecule has 1 fully saturated rings. The monoisotopic (exact) mass is 491 g/mol. The van der Waals surface area contributed by atoms with Gasteiger partial charge in [0.15, 0.2) is 0 Å². The molecule has 2 heterocycles. The van der Waals surface area contributed by atoms with Gasteiger partial charge in [-0.25, -0.2) is 8.42 Å². The third-order valence-corrected chi connectivity index (χ3v) is 8.39. The van der Waals surface area contributed by atoms with Crippen molar-refractivity contribution < 1.29 is 27.5 Å². The zero-order valence-electron chi connectivity index (χ0n) is 18.2. The van der Waals surface area contributed by atoms with E-state index in [0.717, 1.165) is 10.5 Å². The highest BCUT2D eigenvalue weighted by Gasteiger charge is 2.31. The average Bonchev–Trinajstić information content (AvgIpc) is 2.85. The predicted molar refractivity (Wildman–Crippen MR) is 124 cm³/mol. The molecule has 0 aliphatic carbocycles. The number of sulfonamides is 1. The minimum absolute atomic E-state index is 0.0953. The lowest BCUT2D eigenvalue weighted by molar-refractivity contribution is -0.123. The Morgan fingerprint density at radius 1 is 1.18 bits per heavy atom. The number of carbonyl (C=O) groups excluding carboxylic acids is 2. The fourth-order valence-electron chi connectivity index (χ4n) is 3.69. The van der Waals surface area contributed by atoms with Gasteiger partial charge in [-0.05, 0) is 24.3 Å². The lowest BCUT2D eigenvalue weighted by Crippen LogP contribution is -2.43. The van der Waals surface area contributed by atoms with Gasteiger partial charge in [0.25, 0.3) is 0 Å². The van der Waals surface area contributed by atoms with Crippen molar-refractivity contribution >= 4 is 39.3 Å². The summed E-state index contributed by atoms with van der Waals surface area (Å²) in [6.07, 6.45) is 0. The number of benzene rings is 2. The lowest BCUT2D eigenvalue weighted by atomic mass is 10.2. The van der Waals surface area contributed by atoms with Gasteiger partial charge in [-0.3, -0.25) is 9.59 Å². The molecule has 2 aromatic carbocycles. The van der Waals surface area contributed by atoms with Crippen molar-refractivity contribution in [2.24, 2.45) is 0 Å². The van der Waals surface area contributed by atoms with Crippen LogP contribution in [0.5, 0.6) is 5.75 Å². The third-order valence-electron chi connectivity index (χ3n) is 5.45. The number of para-hydroxylation sites is 1. The van der Waals surface area contributed by atoms with E-state index in [2.05, 4.69) is 5.32 Å². The van der Waals surface area contributed by atoms with Gasteiger partial charge in [-0.1, -0.05) is 18.2 Å². The first-order chi connectivity index (χ1) is 15.9. The van der Waals surface area contributed by atoms with Gasteiger partial charge in [-0.2, -0.15) is 4.31 Å². The number of methoxy groups -OCH3 is 1. The van der Waals surface area contributed by atoms with Gasteiger partial charge in [-0.15, -0.1) is 11.8 Å². The zero-order chi connectivity index (χ0) is 23.4. The first-order valence-corrected chi connectivity index (χ1v) is 12.9. The van der Waals surface area contributed by atoms with Crippen LogP contribution in [0.1, 0.15) is 5.56 Å². The number of amides is 2. The van der Waals surface area contributed by atoms with Gasteiger partial charge in [0.1, 0.15) is 12.3 Å². The Bertz CT molecular complexity index is 1150. The van der Waals surface area contributed by atoms with Crippen LogP contribution in [0.2, 0.25) is 0 Å². The summed E-state index contributed by atoms with van der Waals surface area (Å²) in [7, 11) is -2.17. The van der Waals surface area contributed by atoms with Gasteiger partial charge >= 0.3 is 0 Å². The highest BCUT2D eigenvalue weighted by molar-refractivity contribution is 8.00. The molecule has 33 heavy (non-hydrogen) atoms. The van der Waals surface area contributed by atoms with Crippen LogP contribution in [0.3, 0.4) is 0 Å². The summed E-state index contributed by atoms with van der Waals surface area (Å²) >= 11 is 1.33. The van der Waals surface area contributed by atoms with E-state index in [1.54, 1.807) is 25.3 Å². The molecule has 0 atom stereocenters. The molecule has 2 aliphatic heterocycles. The van der Waals surface area contributed by atoms with E-state index < -0.39 is 10.0 Å². The van der Waals surface area contributed by atoms with Crippen LogP contribution in [0.25, 0.3) is 0 Å². The van der Waals surface area contributed by atoms with Crippen LogP contribution < -0.4 is 15.0 Å². The molecular weight excluding hydrogens is 466 g/mol. The van der Waals surface area contributed by atoms with Crippen LogP contribution in [0, 0.1) is 0 Å². The van der Waals surface area contributed by atoms with E-state index in [9.17, 15) is 18.0 Å². The number of nitrogens with zero attached hydrogens (tertiary/aromatic N) is 2. The van der Waals surface area contributed by atoms with Crippen molar-refractivity contribution in [1.82, 2.24) is 9.62 Å². The maximum absolute atomic E-state index is 13.1. The normalized spacial score (nSPS) is 16.9. The zero-order valence-corrected chi connectivity index (χ0v) is 19.8. The van der Waals surface area contributed by atoms with Crippen LogP contribution in [0.15, 0.2) is 52.3 Å². The molecule has 0 spiro atoms. The summed E-state index contributed by atoms with van der Waals surface area (Å²) in [5.41, 5.74) is 1.24. The number of anilines is 1. The molecule has 9 nitrogen and oxygen atoms in total. The molecule has 0 aromatic heterocycles. The van der Waals surface area contributed by atoms with E-state index in [4.69, 9.17) is 9.47 Å². The number of rotatable bonds is 7. The van der Waals surface area contributed by atoms with Crippen LogP contribution in [-0.4, -0.2) is 70.2 Å². The number of hydrogen-bond donors (Lipinski definition) is 1. The maximum Gasteiger partial charge on any atom is 0.243 e. The molecule has 2 aromatic rings. The fraction of sp³-hybridized carbons (Fsp3) is 0.364. The molecule has 0 saturated carbocycles. The van der Waals surface area contributed by atoms with Crippen molar-refractivity contribution in [3.63, 3.8) is 0 Å². The average molecular weight is 492 g/mol. The Labute approximate surface area is 197 Å². The van der Waals surface area contributed by atoms with E-state index in [0.29, 0.717) is 24.7 Å². The standard InChI is InChI=1S/C22H25N3O6S2/c1-30-19-5-3-2-4-16(19)13-23-21(26)14-25-18-12-17(6-7-20(18)32-15-22(25)27)33(28,29)24-8-10-31-11-9-24/h2-7,12H,8-11,13-15H2,1H3,(H,23,26). The van der Waals surface area contributed by atoms with E-state index in [1.165, 1.54) is 27.0 Å². The number of fused-ring (bicyclic) bond motifs is 1. The first kappa shape index (κ1) is 23.6. The number of morpholine rings is 1. The number of hydrogen-bond acceptors (Lipinski definition) is 7.